The van der Waals surface area contributed by atoms with Gasteiger partial charge in [0.25, 0.3) is 0 Å². The molecule has 2 heterocycles. The molecule has 0 spiro atoms. The number of benzene rings is 1. The Kier molecular flexibility index (Phi) is 3.50. The molecule has 2 N–H and O–H groups in total. The molecule has 0 fully saturated rings. The molecule has 3 rings (SSSR count). The Bertz CT molecular complexity index is 556. The first kappa shape index (κ1) is 12.6. The van der Waals surface area contributed by atoms with E-state index in [1.807, 2.05) is 23.7 Å². The summed E-state index contributed by atoms with van der Waals surface area (Å²) < 4.78 is 5.45. The van der Waals surface area contributed by atoms with Crippen molar-refractivity contribution >= 4 is 11.3 Å². The molecule has 1 aromatic heterocycles. The van der Waals surface area contributed by atoms with Gasteiger partial charge in [-0.3, -0.25) is 4.90 Å². The molecule has 4 nitrogen and oxygen atoms in total. The van der Waals surface area contributed by atoms with Crippen molar-refractivity contribution in [2.45, 2.75) is 19.1 Å². The molecule has 19 heavy (non-hydrogen) atoms. The van der Waals surface area contributed by atoms with Crippen LogP contribution in [-0.2, 0) is 13.1 Å². The first-order valence-electron chi connectivity index (χ1n) is 6.31. The van der Waals surface area contributed by atoms with Gasteiger partial charge in [-0.2, -0.15) is 0 Å². The topological polar surface area (TPSA) is 51.4 Å². The highest BCUT2D eigenvalue weighted by molar-refractivity contribution is 7.09. The summed E-state index contributed by atoms with van der Waals surface area (Å²) in [4.78, 5) is 6.73. The van der Waals surface area contributed by atoms with Crippen LogP contribution in [0.5, 0.6) is 5.75 Å². The van der Waals surface area contributed by atoms with Crippen LogP contribution in [0.25, 0.3) is 0 Å². The molecule has 100 valence electrons. The third-order valence-electron chi connectivity index (χ3n) is 3.60. The molecule has 5 heteroatoms. The SMILES string of the molecule is COc1cccc2c1CN(Cc1nccs1)C2CN. The minimum absolute atomic E-state index is 0.258. The lowest BCUT2D eigenvalue weighted by Crippen LogP contribution is -2.27. The maximum Gasteiger partial charge on any atom is 0.123 e. The Morgan fingerprint density at radius 2 is 2.42 bits per heavy atom. The second kappa shape index (κ2) is 5.28. The van der Waals surface area contributed by atoms with Crippen LogP contribution >= 0.6 is 11.3 Å². The van der Waals surface area contributed by atoms with E-state index in [1.165, 1.54) is 11.1 Å². The fourth-order valence-electron chi connectivity index (χ4n) is 2.71. The zero-order chi connectivity index (χ0) is 13.2. The van der Waals surface area contributed by atoms with Gasteiger partial charge in [0.05, 0.1) is 13.7 Å². The third-order valence-corrected chi connectivity index (χ3v) is 4.36. The molecule has 1 atom stereocenters. The van der Waals surface area contributed by atoms with Crippen molar-refractivity contribution in [2.24, 2.45) is 5.73 Å². The lowest BCUT2D eigenvalue weighted by atomic mass is 10.0. The van der Waals surface area contributed by atoms with Crippen molar-refractivity contribution in [3.63, 3.8) is 0 Å². The van der Waals surface area contributed by atoms with E-state index >= 15 is 0 Å². The van der Waals surface area contributed by atoms with Gasteiger partial charge in [0.2, 0.25) is 0 Å². The monoisotopic (exact) mass is 275 g/mol. The maximum absolute atomic E-state index is 5.96. The van der Waals surface area contributed by atoms with Crippen LogP contribution in [0, 0.1) is 0 Å². The Morgan fingerprint density at radius 3 is 3.11 bits per heavy atom. The Balaban J connectivity index is 1.90. The maximum atomic E-state index is 5.96. The molecule has 1 aliphatic rings. The average molecular weight is 275 g/mol. The van der Waals surface area contributed by atoms with Gasteiger partial charge >= 0.3 is 0 Å². The van der Waals surface area contributed by atoms with Gasteiger partial charge in [-0.15, -0.1) is 11.3 Å². The Morgan fingerprint density at radius 1 is 1.53 bits per heavy atom. The molecule has 1 aliphatic heterocycles. The summed E-state index contributed by atoms with van der Waals surface area (Å²) in [7, 11) is 1.72. The number of hydrogen-bond acceptors (Lipinski definition) is 5. The van der Waals surface area contributed by atoms with E-state index in [2.05, 4.69) is 16.0 Å². The lowest BCUT2D eigenvalue weighted by Gasteiger charge is -2.22. The predicted molar refractivity (Wildman–Crippen MR) is 76.2 cm³/mol. The second-order valence-electron chi connectivity index (χ2n) is 4.61. The van der Waals surface area contributed by atoms with Gasteiger partial charge in [-0.1, -0.05) is 12.1 Å². The fraction of sp³-hybridized carbons (Fsp3) is 0.357. The number of fused-ring (bicyclic) bond motifs is 1. The van der Waals surface area contributed by atoms with Crippen molar-refractivity contribution in [1.82, 2.24) is 9.88 Å². The van der Waals surface area contributed by atoms with Crippen LogP contribution in [0.15, 0.2) is 29.8 Å². The highest BCUT2D eigenvalue weighted by Gasteiger charge is 2.31. The quantitative estimate of drug-likeness (QED) is 0.929. The summed E-state index contributed by atoms with van der Waals surface area (Å²) in [6, 6.07) is 6.46. The fourth-order valence-corrected chi connectivity index (χ4v) is 3.35. The molecule has 0 saturated heterocycles. The van der Waals surface area contributed by atoms with Crippen LogP contribution in [0.4, 0.5) is 0 Å². The molecule has 0 radical (unpaired) electrons. The number of thiazole rings is 1. The zero-order valence-electron chi connectivity index (χ0n) is 10.9. The summed E-state index contributed by atoms with van der Waals surface area (Å²) in [6.45, 7) is 2.34. The number of nitrogens with zero attached hydrogens (tertiary/aromatic N) is 2. The Labute approximate surface area is 116 Å². The summed E-state index contributed by atoms with van der Waals surface area (Å²) in [5.74, 6) is 0.956. The van der Waals surface area contributed by atoms with E-state index in [0.717, 1.165) is 23.8 Å². The normalized spacial score (nSPS) is 18.5. The van der Waals surface area contributed by atoms with E-state index in [-0.39, 0.29) is 6.04 Å². The van der Waals surface area contributed by atoms with Crippen LogP contribution < -0.4 is 10.5 Å². The summed E-state index contributed by atoms with van der Waals surface area (Å²) in [5, 5.41) is 3.14. The van der Waals surface area contributed by atoms with Gasteiger partial charge in [0, 0.05) is 36.3 Å². The Hall–Kier alpha value is -1.43. The summed E-state index contributed by atoms with van der Waals surface area (Å²) in [5.41, 5.74) is 8.51. The van der Waals surface area contributed by atoms with Gasteiger partial charge in [-0.25, -0.2) is 4.98 Å². The van der Waals surface area contributed by atoms with E-state index in [4.69, 9.17) is 10.5 Å². The molecule has 1 aromatic carbocycles. The number of methoxy groups -OCH3 is 1. The number of hydrogen-bond donors (Lipinski definition) is 1. The summed E-state index contributed by atoms with van der Waals surface area (Å²) in [6.07, 6.45) is 1.85. The van der Waals surface area contributed by atoms with Crippen molar-refractivity contribution in [1.29, 1.82) is 0 Å². The molecule has 0 bridgehead atoms. The number of ether oxygens (including phenoxy) is 1. The van der Waals surface area contributed by atoms with Crippen molar-refractivity contribution in [3.8, 4) is 5.75 Å². The van der Waals surface area contributed by atoms with Crippen LogP contribution in [0.2, 0.25) is 0 Å². The predicted octanol–water partition coefficient (Wildman–Crippen LogP) is 2.17. The number of nitrogens with two attached hydrogens (primary N) is 1. The van der Waals surface area contributed by atoms with Gasteiger partial charge in [-0.05, 0) is 11.6 Å². The van der Waals surface area contributed by atoms with Crippen LogP contribution in [-0.4, -0.2) is 23.5 Å². The van der Waals surface area contributed by atoms with Crippen molar-refractivity contribution in [3.05, 3.63) is 45.9 Å². The smallest absolute Gasteiger partial charge is 0.123 e. The highest BCUT2D eigenvalue weighted by atomic mass is 32.1. The third kappa shape index (κ3) is 2.25. The minimum Gasteiger partial charge on any atom is -0.496 e. The van der Waals surface area contributed by atoms with Crippen LogP contribution in [0.1, 0.15) is 22.2 Å². The zero-order valence-corrected chi connectivity index (χ0v) is 11.7. The number of rotatable bonds is 4. The van der Waals surface area contributed by atoms with E-state index in [0.29, 0.717) is 6.54 Å². The highest BCUT2D eigenvalue weighted by Crippen LogP contribution is 2.38. The lowest BCUT2D eigenvalue weighted by molar-refractivity contribution is 0.209. The van der Waals surface area contributed by atoms with Crippen LogP contribution in [0.3, 0.4) is 0 Å². The van der Waals surface area contributed by atoms with Gasteiger partial charge < -0.3 is 10.5 Å². The van der Waals surface area contributed by atoms with Gasteiger partial charge in [0.1, 0.15) is 10.8 Å². The van der Waals surface area contributed by atoms with E-state index in [1.54, 1.807) is 18.4 Å². The van der Waals surface area contributed by atoms with Gasteiger partial charge in [0.15, 0.2) is 0 Å². The largest absolute Gasteiger partial charge is 0.496 e. The van der Waals surface area contributed by atoms with Crippen molar-refractivity contribution < 1.29 is 4.74 Å². The molecule has 0 saturated carbocycles. The molecule has 2 aromatic rings. The molecular weight excluding hydrogens is 258 g/mol. The minimum atomic E-state index is 0.258. The van der Waals surface area contributed by atoms with E-state index in [9.17, 15) is 0 Å². The van der Waals surface area contributed by atoms with E-state index < -0.39 is 0 Å². The molecule has 0 aliphatic carbocycles. The molecular formula is C14H17N3OS. The summed E-state index contributed by atoms with van der Waals surface area (Å²) >= 11 is 1.69. The molecule has 0 amide bonds. The average Bonchev–Trinajstić information content (AvgIpc) is 3.05. The number of aromatic nitrogens is 1. The standard InChI is InChI=1S/C14H17N3OS/c1-18-13-4-2-3-10-11(13)8-17(12(10)7-15)9-14-16-5-6-19-14/h2-6,12H,7-9,15H2,1H3. The first-order chi connectivity index (χ1) is 9.33. The molecule has 1 unspecified atom stereocenters. The van der Waals surface area contributed by atoms with Crippen molar-refractivity contribution in [2.75, 3.05) is 13.7 Å². The second-order valence-corrected chi connectivity index (χ2v) is 5.59. The first-order valence-corrected chi connectivity index (χ1v) is 7.19.